The Kier molecular flexibility index (Phi) is 2.52. The molecule has 1 fully saturated rings. The second-order valence-corrected chi connectivity index (χ2v) is 5.02. The van der Waals surface area contributed by atoms with E-state index in [1.54, 1.807) is 0 Å². The Hall–Kier alpha value is -0.560. The zero-order valence-corrected chi connectivity index (χ0v) is 9.02. The summed E-state index contributed by atoms with van der Waals surface area (Å²) in [5, 5.41) is 0.282. The first-order chi connectivity index (χ1) is 6.60. The number of rotatable bonds is 1. The van der Waals surface area contributed by atoms with E-state index in [-0.39, 0.29) is 16.6 Å². The van der Waals surface area contributed by atoms with Crippen molar-refractivity contribution in [3.8, 4) is 0 Å². The van der Waals surface area contributed by atoms with Crippen LogP contribution in [0.2, 0.25) is 0 Å². The van der Waals surface area contributed by atoms with Crippen molar-refractivity contribution in [1.82, 2.24) is 0 Å². The first-order valence-corrected chi connectivity index (χ1v) is 5.44. The fourth-order valence-corrected chi connectivity index (χ4v) is 2.73. The second-order valence-electron chi connectivity index (χ2n) is 4.41. The molecule has 2 rings (SSSR count). The highest BCUT2D eigenvalue weighted by Gasteiger charge is 2.35. The third-order valence-electron chi connectivity index (χ3n) is 3.22. The number of alkyl halides is 1. The molecular weight excluding hydrogens is 199 g/mol. The van der Waals surface area contributed by atoms with Crippen molar-refractivity contribution >= 4 is 11.6 Å². The van der Waals surface area contributed by atoms with Crippen LogP contribution in [0.3, 0.4) is 0 Å². The van der Waals surface area contributed by atoms with Crippen LogP contribution < -0.4 is 0 Å². The molecule has 2 atom stereocenters. The summed E-state index contributed by atoms with van der Waals surface area (Å²) in [5.74, 6) is -0.169. The predicted molar refractivity (Wildman–Crippen MR) is 57.2 cm³/mol. The maximum atomic E-state index is 12.7. The molecule has 0 aromatic heterocycles. The number of hydrogen-bond donors (Lipinski definition) is 0. The van der Waals surface area contributed by atoms with E-state index in [2.05, 4.69) is 6.92 Å². The zero-order chi connectivity index (χ0) is 10.2. The lowest BCUT2D eigenvalue weighted by Gasteiger charge is -2.24. The molecule has 0 radical (unpaired) electrons. The standard InChI is InChI=1S/C12H14ClF/c1-12(7-6-10(13)8-12)9-2-4-11(14)5-3-9/h2-5,10H,6-8H2,1H3. The molecule has 2 heteroatoms. The topological polar surface area (TPSA) is 0 Å². The largest absolute Gasteiger partial charge is 0.207 e. The molecule has 1 aromatic carbocycles. The lowest BCUT2D eigenvalue weighted by molar-refractivity contribution is 0.490. The van der Waals surface area contributed by atoms with Crippen molar-refractivity contribution in [3.05, 3.63) is 35.6 Å². The Balaban J connectivity index is 2.26. The van der Waals surface area contributed by atoms with Gasteiger partial charge >= 0.3 is 0 Å². The summed E-state index contributed by atoms with van der Waals surface area (Å²) >= 11 is 6.10. The van der Waals surface area contributed by atoms with Crippen molar-refractivity contribution in [1.29, 1.82) is 0 Å². The molecule has 1 saturated carbocycles. The van der Waals surface area contributed by atoms with Gasteiger partial charge in [0.2, 0.25) is 0 Å². The molecule has 0 saturated heterocycles. The Morgan fingerprint density at radius 1 is 1.36 bits per heavy atom. The van der Waals surface area contributed by atoms with Crippen LogP contribution in [0.15, 0.2) is 24.3 Å². The molecular formula is C12H14ClF. The maximum Gasteiger partial charge on any atom is 0.123 e. The summed E-state index contributed by atoms with van der Waals surface area (Å²) in [6.45, 7) is 2.21. The van der Waals surface area contributed by atoms with Gasteiger partial charge in [0.15, 0.2) is 0 Å². The minimum absolute atomic E-state index is 0.153. The summed E-state index contributed by atoms with van der Waals surface area (Å²) in [4.78, 5) is 0. The molecule has 76 valence electrons. The minimum Gasteiger partial charge on any atom is -0.207 e. The lowest BCUT2D eigenvalue weighted by atomic mass is 9.81. The Labute approximate surface area is 89.1 Å². The van der Waals surface area contributed by atoms with Crippen LogP contribution in [0.4, 0.5) is 4.39 Å². The first kappa shape index (κ1) is 9.97. The Morgan fingerprint density at radius 2 is 2.00 bits per heavy atom. The van der Waals surface area contributed by atoms with Gasteiger partial charge in [0.05, 0.1) is 0 Å². The molecule has 0 N–H and O–H groups in total. The maximum absolute atomic E-state index is 12.7. The van der Waals surface area contributed by atoms with Crippen LogP contribution in [0.25, 0.3) is 0 Å². The van der Waals surface area contributed by atoms with Gasteiger partial charge in [0.25, 0.3) is 0 Å². The number of hydrogen-bond acceptors (Lipinski definition) is 0. The highest BCUT2D eigenvalue weighted by atomic mass is 35.5. The van der Waals surface area contributed by atoms with Gasteiger partial charge in [-0.3, -0.25) is 0 Å². The van der Waals surface area contributed by atoms with E-state index >= 15 is 0 Å². The number of benzene rings is 1. The van der Waals surface area contributed by atoms with E-state index in [1.807, 2.05) is 12.1 Å². The number of halogens is 2. The highest BCUT2D eigenvalue weighted by Crippen LogP contribution is 2.42. The first-order valence-electron chi connectivity index (χ1n) is 5.00. The van der Waals surface area contributed by atoms with Crippen molar-refractivity contribution in [3.63, 3.8) is 0 Å². The fourth-order valence-electron chi connectivity index (χ4n) is 2.28. The average Bonchev–Trinajstić information content (AvgIpc) is 2.48. The van der Waals surface area contributed by atoms with Gasteiger partial charge in [0, 0.05) is 5.38 Å². The van der Waals surface area contributed by atoms with E-state index < -0.39 is 0 Å². The van der Waals surface area contributed by atoms with Crippen LogP contribution in [0.5, 0.6) is 0 Å². The van der Waals surface area contributed by atoms with Gasteiger partial charge in [-0.15, -0.1) is 11.6 Å². The SMILES string of the molecule is CC1(c2ccc(F)cc2)CCC(Cl)C1. The third kappa shape index (κ3) is 1.78. The van der Waals surface area contributed by atoms with Crippen LogP contribution in [-0.2, 0) is 5.41 Å². The zero-order valence-electron chi connectivity index (χ0n) is 8.26. The van der Waals surface area contributed by atoms with Crippen molar-refractivity contribution < 1.29 is 4.39 Å². The highest BCUT2D eigenvalue weighted by molar-refractivity contribution is 6.20. The van der Waals surface area contributed by atoms with Gasteiger partial charge in [-0.2, -0.15) is 0 Å². The second kappa shape index (κ2) is 3.54. The summed E-state index contributed by atoms with van der Waals surface area (Å²) in [7, 11) is 0. The molecule has 0 spiro atoms. The normalized spacial score (nSPS) is 32.1. The van der Waals surface area contributed by atoms with E-state index in [0.717, 1.165) is 19.3 Å². The summed E-state index contributed by atoms with van der Waals surface area (Å²) in [5.41, 5.74) is 1.36. The quantitative estimate of drug-likeness (QED) is 0.620. The monoisotopic (exact) mass is 212 g/mol. The van der Waals surface area contributed by atoms with E-state index in [9.17, 15) is 4.39 Å². The average molecular weight is 213 g/mol. The lowest BCUT2D eigenvalue weighted by Crippen LogP contribution is -2.17. The van der Waals surface area contributed by atoms with Gasteiger partial charge in [-0.05, 0) is 42.4 Å². The summed E-state index contributed by atoms with van der Waals surface area (Å²) in [6, 6.07) is 6.82. The van der Waals surface area contributed by atoms with Crippen LogP contribution in [0, 0.1) is 5.82 Å². The third-order valence-corrected chi connectivity index (χ3v) is 3.60. The van der Waals surface area contributed by atoms with Crippen LogP contribution >= 0.6 is 11.6 Å². The van der Waals surface area contributed by atoms with Crippen molar-refractivity contribution in [2.24, 2.45) is 0 Å². The molecule has 2 unspecified atom stereocenters. The van der Waals surface area contributed by atoms with Crippen LogP contribution in [-0.4, -0.2) is 5.38 Å². The summed E-state index contributed by atoms with van der Waals surface area (Å²) in [6.07, 6.45) is 3.17. The van der Waals surface area contributed by atoms with E-state index in [4.69, 9.17) is 11.6 Å². The molecule has 0 nitrogen and oxygen atoms in total. The fraction of sp³-hybridized carbons (Fsp3) is 0.500. The molecule has 0 heterocycles. The Bertz CT molecular complexity index is 320. The van der Waals surface area contributed by atoms with Crippen molar-refractivity contribution in [2.75, 3.05) is 0 Å². The van der Waals surface area contributed by atoms with E-state index in [1.165, 1.54) is 17.7 Å². The molecule has 1 aromatic rings. The molecule has 0 amide bonds. The minimum atomic E-state index is -0.169. The van der Waals surface area contributed by atoms with Gasteiger partial charge in [0.1, 0.15) is 5.82 Å². The van der Waals surface area contributed by atoms with Crippen molar-refractivity contribution in [2.45, 2.75) is 37.0 Å². The smallest absolute Gasteiger partial charge is 0.123 e. The molecule has 0 aliphatic heterocycles. The molecule has 0 bridgehead atoms. The molecule has 14 heavy (non-hydrogen) atoms. The Morgan fingerprint density at radius 3 is 2.50 bits per heavy atom. The van der Waals surface area contributed by atoms with Crippen LogP contribution in [0.1, 0.15) is 31.7 Å². The molecule has 1 aliphatic carbocycles. The summed E-state index contributed by atoms with van der Waals surface area (Å²) < 4.78 is 12.7. The predicted octanol–water partition coefficient (Wildman–Crippen LogP) is 3.87. The van der Waals surface area contributed by atoms with Gasteiger partial charge in [-0.25, -0.2) is 4.39 Å². The van der Waals surface area contributed by atoms with E-state index in [0.29, 0.717) is 0 Å². The van der Waals surface area contributed by atoms with Gasteiger partial charge < -0.3 is 0 Å². The molecule has 1 aliphatic rings. The van der Waals surface area contributed by atoms with Gasteiger partial charge in [-0.1, -0.05) is 19.1 Å².